The van der Waals surface area contributed by atoms with E-state index in [0.29, 0.717) is 17.6 Å². The van der Waals surface area contributed by atoms with Crippen LogP contribution >= 0.6 is 0 Å². The minimum atomic E-state index is -1.07. The van der Waals surface area contributed by atoms with Crippen LogP contribution in [0.4, 0.5) is 0 Å². The van der Waals surface area contributed by atoms with Crippen LogP contribution in [-0.4, -0.2) is 28.6 Å². The van der Waals surface area contributed by atoms with Gasteiger partial charge in [-0.25, -0.2) is 9.59 Å². The number of benzene rings is 1. The van der Waals surface area contributed by atoms with Gasteiger partial charge in [-0.05, 0) is 63.6 Å². The van der Waals surface area contributed by atoms with Gasteiger partial charge in [0.15, 0.2) is 0 Å². The second-order valence-corrected chi connectivity index (χ2v) is 8.18. The van der Waals surface area contributed by atoms with Gasteiger partial charge in [0, 0.05) is 23.4 Å². The van der Waals surface area contributed by atoms with E-state index in [2.05, 4.69) is 5.32 Å². The third-order valence-corrected chi connectivity index (χ3v) is 5.49. The Morgan fingerprint density at radius 1 is 1.31 bits per heavy atom. The van der Waals surface area contributed by atoms with Gasteiger partial charge in [-0.15, -0.1) is 0 Å². The Bertz CT molecular complexity index is 1020. The summed E-state index contributed by atoms with van der Waals surface area (Å²) in [5, 5.41) is 12.4. The van der Waals surface area contributed by atoms with Crippen molar-refractivity contribution >= 4 is 22.8 Å². The molecular weight excluding hydrogens is 374 g/mol. The van der Waals surface area contributed by atoms with Crippen molar-refractivity contribution in [3.05, 3.63) is 39.2 Å². The molecule has 0 unspecified atom stereocenters. The third kappa shape index (κ3) is 4.44. The summed E-state index contributed by atoms with van der Waals surface area (Å²) in [6, 6.07) is 2.85. The Labute approximate surface area is 169 Å². The SMILES string of the molecule is CC[C@@H](NC(=O)CCc1c(C)c2cc3c(cc2oc1=O)OC(C)(C)CC3)C(=O)O. The molecule has 1 aliphatic heterocycles. The number of aryl methyl sites for hydroxylation is 2. The molecule has 156 valence electrons. The molecule has 1 amide bonds. The molecule has 2 aromatic rings. The average molecular weight is 401 g/mol. The molecule has 1 aliphatic rings. The van der Waals surface area contributed by atoms with E-state index in [1.807, 2.05) is 26.8 Å². The molecule has 1 aromatic carbocycles. The fraction of sp³-hybridized carbons (Fsp3) is 0.500. The van der Waals surface area contributed by atoms with Crippen LogP contribution in [0.15, 0.2) is 21.3 Å². The Morgan fingerprint density at radius 3 is 2.69 bits per heavy atom. The first-order valence-electron chi connectivity index (χ1n) is 9.91. The van der Waals surface area contributed by atoms with E-state index >= 15 is 0 Å². The normalized spacial score (nSPS) is 16.0. The van der Waals surface area contributed by atoms with Crippen LogP contribution in [-0.2, 0) is 22.4 Å². The van der Waals surface area contributed by atoms with Crippen molar-refractivity contribution in [1.82, 2.24) is 5.32 Å². The van der Waals surface area contributed by atoms with E-state index in [1.165, 1.54) is 0 Å². The quantitative estimate of drug-likeness (QED) is 0.721. The summed E-state index contributed by atoms with van der Waals surface area (Å²) in [5.41, 5.74) is 2.02. The lowest BCUT2D eigenvalue weighted by atomic mass is 9.92. The van der Waals surface area contributed by atoms with Crippen molar-refractivity contribution in [2.24, 2.45) is 0 Å². The van der Waals surface area contributed by atoms with Gasteiger partial charge in [-0.1, -0.05) is 6.92 Å². The highest BCUT2D eigenvalue weighted by molar-refractivity contribution is 5.85. The number of hydrogen-bond acceptors (Lipinski definition) is 5. The van der Waals surface area contributed by atoms with E-state index in [4.69, 9.17) is 14.3 Å². The lowest BCUT2D eigenvalue weighted by Crippen LogP contribution is -2.40. The number of carbonyl (C=O) groups excluding carboxylic acids is 1. The largest absolute Gasteiger partial charge is 0.487 e. The summed E-state index contributed by atoms with van der Waals surface area (Å²) >= 11 is 0. The van der Waals surface area contributed by atoms with Crippen molar-refractivity contribution in [1.29, 1.82) is 0 Å². The number of carbonyl (C=O) groups is 2. The van der Waals surface area contributed by atoms with E-state index in [9.17, 15) is 14.4 Å². The Morgan fingerprint density at radius 2 is 2.03 bits per heavy atom. The van der Waals surface area contributed by atoms with Gasteiger partial charge >= 0.3 is 11.6 Å². The summed E-state index contributed by atoms with van der Waals surface area (Å²) in [5.74, 6) is -0.737. The molecule has 1 atom stereocenters. The van der Waals surface area contributed by atoms with Crippen molar-refractivity contribution in [2.45, 2.75) is 71.4 Å². The fourth-order valence-corrected chi connectivity index (χ4v) is 3.67. The van der Waals surface area contributed by atoms with Crippen LogP contribution < -0.4 is 15.7 Å². The van der Waals surface area contributed by atoms with Crippen molar-refractivity contribution in [2.75, 3.05) is 0 Å². The lowest BCUT2D eigenvalue weighted by molar-refractivity contribution is -0.141. The standard InChI is InChI=1S/C22H27NO6/c1-5-16(20(25)26)23-19(24)7-6-14-12(2)15-10-13-8-9-22(3,4)29-17(13)11-18(15)28-21(14)27/h10-11,16H,5-9H2,1-4H3,(H,23,24)(H,25,26)/t16-/m1/s1. The molecular formula is C22H27NO6. The number of rotatable bonds is 6. The number of carboxylic acids is 1. The second kappa shape index (κ2) is 7.89. The number of amides is 1. The van der Waals surface area contributed by atoms with Gasteiger partial charge in [0.2, 0.25) is 5.91 Å². The molecule has 2 N–H and O–H groups in total. The minimum absolute atomic E-state index is 0.0170. The predicted molar refractivity (Wildman–Crippen MR) is 108 cm³/mol. The molecule has 0 saturated heterocycles. The molecule has 0 bridgehead atoms. The first-order chi connectivity index (χ1) is 13.6. The van der Waals surface area contributed by atoms with Crippen molar-refractivity contribution in [3.63, 3.8) is 0 Å². The number of hydrogen-bond donors (Lipinski definition) is 2. The van der Waals surface area contributed by atoms with Crippen LogP contribution in [0.3, 0.4) is 0 Å². The maximum atomic E-state index is 12.5. The zero-order valence-corrected chi connectivity index (χ0v) is 17.3. The fourth-order valence-electron chi connectivity index (χ4n) is 3.67. The Balaban J connectivity index is 1.85. The predicted octanol–water partition coefficient (Wildman–Crippen LogP) is 3.12. The molecule has 0 radical (unpaired) electrons. The molecule has 29 heavy (non-hydrogen) atoms. The molecule has 2 heterocycles. The summed E-state index contributed by atoms with van der Waals surface area (Å²) in [4.78, 5) is 35.7. The van der Waals surface area contributed by atoms with E-state index in [0.717, 1.165) is 35.1 Å². The van der Waals surface area contributed by atoms with Crippen LogP contribution in [0.25, 0.3) is 11.0 Å². The van der Waals surface area contributed by atoms with Gasteiger partial charge in [-0.2, -0.15) is 0 Å². The maximum absolute atomic E-state index is 12.5. The van der Waals surface area contributed by atoms with E-state index in [1.54, 1.807) is 13.0 Å². The highest BCUT2D eigenvalue weighted by Gasteiger charge is 2.27. The number of aliphatic carboxylic acids is 1. The van der Waals surface area contributed by atoms with Gasteiger partial charge in [0.1, 0.15) is 23.0 Å². The number of carboxylic acid groups (broad SMARTS) is 1. The third-order valence-electron chi connectivity index (χ3n) is 5.49. The number of nitrogens with one attached hydrogen (secondary N) is 1. The summed E-state index contributed by atoms with van der Waals surface area (Å²) in [7, 11) is 0. The first-order valence-corrected chi connectivity index (χ1v) is 9.91. The average Bonchev–Trinajstić information content (AvgIpc) is 2.63. The highest BCUT2D eigenvalue weighted by Crippen LogP contribution is 2.36. The summed E-state index contributed by atoms with van der Waals surface area (Å²) in [6.45, 7) is 7.59. The number of fused-ring (bicyclic) bond motifs is 2. The topological polar surface area (TPSA) is 106 Å². The van der Waals surface area contributed by atoms with Gasteiger partial charge < -0.3 is 19.6 Å². The van der Waals surface area contributed by atoms with Gasteiger partial charge in [0.05, 0.1) is 0 Å². The van der Waals surface area contributed by atoms with Crippen molar-refractivity contribution < 1.29 is 23.8 Å². The highest BCUT2D eigenvalue weighted by atomic mass is 16.5. The van der Waals surface area contributed by atoms with Gasteiger partial charge in [0.25, 0.3) is 0 Å². The second-order valence-electron chi connectivity index (χ2n) is 8.18. The van der Waals surface area contributed by atoms with Crippen LogP contribution in [0.2, 0.25) is 0 Å². The maximum Gasteiger partial charge on any atom is 0.339 e. The molecule has 0 aliphatic carbocycles. The van der Waals surface area contributed by atoms with Crippen molar-refractivity contribution in [3.8, 4) is 5.75 Å². The molecule has 0 saturated carbocycles. The number of ether oxygens (including phenoxy) is 1. The summed E-state index contributed by atoms with van der Waals surface area (Å²) in [6.07, 6.45) is 2.27. The minimum Gasteiger partial charge on any atom is -0.487 e. The molecule has 0 fully saturated rings. The van der Waals surface area contributed by atoms with Crippen LogP contribution in [0, 0.1) is 6.92 Å². The molecule has 3 rings (SSSR count). The molecule has 0 spiro atoms. The Hall–Kier alpha value is -2.83. The van der Waals surface area contributed by atoms with Crippen LogP contribution in [0.1, 0.15) is 56.7 Å². The zero-order chi connectivity index (χ0) is 21.3. The molecule has 1 aromatic heterocycles. The first kappa shape index (κ1) is 20.9. The Kier molecular flexibility index (Phi) is 5.68. The van der Waals surface area contributed by atoms with Crippen LogP contribution in [0.5, 0.6) is 5.75 Å². The smallest absolute Gasteiger partial charge is 0.339 e. The molecule has 7 heteroatoms. The van der Waals surface area contributed by atoms with E-state index < -0.39 is 23.5 Å². The summed E-state index contributed by atoms with van der Waals surface area (Å²) < 4.78 is 11.5. The van der Waals surface area contributed by atoms with E-state index in [-0.39, 0.29) is 18.4 Å². The lowest BCUT2D eigenvalue weighted by Gasteiger charge is -2.32. The monoisotopic (exact) mass is 401 g/mol. The zero-order valence-electron chi connectivity index (χ0n) is 17.3. The molecule has 7 nitrogen and oxygen atoms in total. The van der Waals surface area contributed by atoms with Gasteiger partial charge in [-0.3, -0.25) is 4.79 Å².